The molecule has 142 valence electrons. The minimum atomic E-state index is -0.674. The predicted molar refractivity (Wildman–Crippen MR) is 102 cm³/mol. The largest absolute Gasteiger partial charge is 0.361 e. The highest BCUT2D eigenvalue weighted by molar-refractivity contribution is 5.90. The van der Waals surface area contributed by atoms with Crippen LogP contribution in [0.2, 0.25) is 0 Å². The molecule has 1 unspecified atom stereocenters. The summed E-state index contributed by atoms with van der Waals surface area (Å²) >= 11 is 0. The maximum absolute atomic E-state index is 12.7. The summed E-state index contributed by atoms with van der Waals surface area (Å²) in [6, 6.07) is 8.97. The Labute approximate surface area is 157 Å². The number of nitrogens with one attached hydrogen (secondary N) is 3. The molecule has 27 heavy (non-hydrogen) atoms. The van der Waals surface area contributed by atoms with Crippen LogP contribution < -0.4 is 10.6 Å². The van der Waals surface area contributed by atoms with Gasteiger partial charge >= 0.3 is 0 Å². The van der Waals surface area contributed by atoms with E-state index in [4.69, 9.17) is 4.52 Å². The molecule has 0 saturated carbocycles. The van der Waals surface area contributed by atoms with Crippen molar-refractivity contribution < 1.29 is 14.1 Å². The molecule has 1 aromatic carbocycles. The van der Waals surface area contributed by atoms with Crippen molar-refractivity contribution in [1.82, 2.24) is 20.8 Å². The number of H-pyrrole nitrogens is 1. The highest BCUT2D eigenvalue weighted by Crippen LogP contribution is 2.19. The molecule has 0 bridgehead atoms. The third-order valence-corrected chi connectivity index (χ3v) is 4.38. The monoisotopic (exact) mass is 368 g/mol. The van der Waals surface area contributed by atoms with Crippen molar-refractivity contribution in [3.63, 3.8) is 0 Å². The summed E-state index contributed by atoms with van der Waals surface area (Å²) in [5, 5.41) is 10.6. The number of fused-ring (bicyclic) bond motifs is 1. The van der Waals surface area contributed by atoms with Gasteiger partial charge in [-0.05, 0) is 18.6 Å². The fourth-order valence-corrected chi connectivity index (χ4v) is 2.87. The molecule has 2 heterocycles. The van der Waals surface area contributed by atoms with Crippen molar-refractivity contribution in [2.45, 2.75) is 39.8 Å². The lowest BCUT2D eigenvalue weighted by molar-refractivity contribution is -0.130. The highest BCUT2D eigenvalue weighted by Gasteiger charge is 2.23. The number of para-hydroxylation sites is 1. The van der Waals surface area contributed by atoms with E-state index in [2.05, 4.69) is 20.8 Å². The first-order valence-electron chi connectivity index (χ1n) is 8.99. The van der Waals surface area contributed by atoms with Crippen LogP contribution in [-0.4, -0.2) is 28.0 Å². The van der Waals surface area contributed by atoms with Gasteiger partial charge in [-0.25, -0.2) is 0 Å². The normalized spacial score (nSPS) is 12.3. The molecule has 0 spiro atoms. The van der Waals surface area contributed by atoms with Crippen molar-refractivity contribution >= 4 is 22.7 Å². The number of aromatic amines is 1. The van der Waals surface area contributed by atoms with E-state index in [1.165, 1.54) is 0 Å². The van der Waals surface area contributed by atoms with Crippen molar-refractivity contribution in [3.05, 3.63) is 53.5 Å². The molecule has 0 saturated heterocycles. The molecule has 7 heteroatoms. The van der Waals surface area contributed by atoms with E-state index >= 15 is 0 Å². The van der Waals surface area contributed by atoms with E-state index in [-0.39, 0.29) is 24.3 Å². The second-order valence-electron chi connectivity index (χ2n) is 6.93. The molecular weight excluding hydrogens is 344 g/mol. The van der Waals surface area contributed by atoms with Crippen molar-refractivity contribution in [1.29, 1.82) is 0 Å². The molecule has 2 amide bonds. The molecule has 1 atom stereocenters. The number of amides is 2. The minimum Gasteiger partial charge on any atom is -0.361 e. The molecule has 0 radical (unpaired) electrons. The molecule has 3 N–H and O–H groups in total. The molecule has 0 aliphatic rings. The first kappa shape index (κ1) is 18.7. The summed E-state index contributed by atoms with van der Waals surface area (Å²) in [4.78, 5) is 28.2. The molecule has 2 aromatic heterocycles. The second-order valence-corrected chi connectivity index (χ2v) is 6.93. The number of benzene rings is 1. The third-order valence-electron chi connectivity index (χ3n) is 4.38. The van der Waals surface area contributed by atoms with Crippen LogP contribution in [0.5, 0.6) is 0 Å². The fourth-order valence-electron chi connectivity index (χ4n) is 2.87. The van der Waals surface area contributed by atoms with Crippen LogP contribution in [0.15, 0.2) is 41.1 Å². The summed E-state index contributed by atoms with van der Waals surface area (Å²) in [5.74, 6) is 0.0615. The number of hydrogen-bond acceptors (Lipinski definition) is 4. The Morgan fingerprint density at radius 1 is 1.22 bits per heavy atom. The summed E-state index contributed by atoms with van der Waals surface area (Å²) in [5.41, 5.74) is 2.62. The van der Waals surface area contributed by atoms with E-state index in [1.807, 2.05) is 30.5 Å². The van der Waals surface area contributed by atoms with Crippen LogP contribution in [-0.2, 0) is 22.6 Å². The van der Waals surface area contributed by atoms with Gasteiger partial charge in [0.25, 0.3) is 0 Å². The molecule has 7 nitrogen and oxygen atoms in total. The molecule has 0 aliphatic heterocycles. The van der Waals surface area contributed by atoms with Gasteiger partial charge in [0.1, 0.15) is 17.5 Å². The summed E-state index contributed by atoms with van der Waals surface area (Å²) < 4.78 is 5.01. The van der Waals surface area contributed by atoms with Crippen molar-refractivity contribution in [2.24, 2.45) is 5.92 Å². The zero-order valence-corrected chi connectivity index (χ0v) is 15.7. The Kier molecular flexibility index (Phi) is 5.59. The van der Waals surface area contributed by atoms with Crippen LogP contribution in [0.3, 0.4) is 0 Å². The summed E-state index contributed by atoms with van der Waals surface area (Å²) in [6.45, 7) is 5.64. The average molecular weight is 368 g/mol. The summed E-state index contributed by atoms with van der Waals surface area (Å²) in [7, 11) is 0. The lowest BCUT2D eigenvalue weighted by Gasteiger charge is -2.19. The van der Waals surface area contributed by atoms with Crippen LogP contribution in [0.4, 0.5) is 0 Å². The predicted octanol–water partition coefficient (Wildman–Crippen LogP) is 2.46. The van der Waals surface area contributed by atoms with Gasteiger partial charge in [-0.3, -0.25) is 9.59 Å². The van der Waals surface area contributed by atoms with E-state index in [9.17, 15) is 9.59 Å². The van der Waals surface area contributed by atoms with Gasteiger partial charge in [-0.2, -0.15) is 0 Å². The molecule has 0 fully saturated rings. The zero-order chi connectivity index (χ0) is 19.4. The smallest absolute Gasteiger partial charge is 0.243 e. The molecule has 3 rings (SSSR count). The maximum atomic E-state index is 12.7. The van der Waals surface area contributed by atoms with E-state index in [0.717, 1.165) is 16.5 Å². The Balaban J connectivity index is 1.75. The fraction of sp³-hybridized carbons (Fsp3) is 0.350. The summed E-state index contributed by atoms with van der Waals surface area (Å²) in [6.07, 6.45) is 2.28. The van der Waals surface area contributed by atoms with Crippen LogP contribution in [0, 0.1) is 12.8 Å². The number of aromatic nitrogens is 2. The van der Waals surface area contributed by atoms with Crippen LogP contribution in [0.25, 0.3) is 10.9 Å². The van der Waals surface area contributed by atoms with Gasteiger partial charge in [0, 0.05) is 35.5 Å². The number of rotatable bonds is 7. The highest BCUT2D eigenvalue weighted by atomic mass is 16.5. The molecule has 0 aliphatic carbocycles. The Hall–Kier alpha value is -3.09. The van der Waals surface area contributed by atoms with Crippen LogP contribution in [0.1, 0.15) is 30.9 Å². The van der Waals surface area contributed by atoms with Crippen molar-refractivity contribution in [3.8, 4) is 0 Å². The Morgan fingerprint density at radius 3 is 2.70 bits per heavy atom. The van der Waals surface area contributed by atoms with Gasteiger partial charge in [0.15, 0.2) is 0 Å². The Morgan fingerprint density at radius 2 is 2.00 bits per heavy atom. The number of carbonyl (C=O) groups is 2. The van der Waals surface area contributed by atoms with E-state index in [0.29, 0.717) is 17.9 Å². The third kappa shape index (κ3) is 4.55. The number of carbonyl (C=O) groups excluding carboxylic acids is 2. The first-order chi connectivity index (χ1) is 12.9. The average Bonchev–Trinajstić information content (AvgIpc) is 3.25. The van der Waals surface area contributed by atoms with Gasteiger partial charge in [-0.15, -0.1) is 0 Å². The van der Waals surface area contributed by atoms with E-state index < -0.39 is 6.04 Å². The van der Waals surface area contributed by atoms with Gasteiger partial charge in [-0.1, -0.05) is 37.2 Å². The molecular formula is C20H24N4O3. The maximum Gasteiger partial charge on any atom is 0.243 e. The van der Waals surface area contributed by atoms with Crippen molar-refractivity contribution in [2.75, 3.05) is 0 Å². The SMILES string of the molecule is Cc1cc(CNC(=O)C(Cc2c[nH]c3ccccc23)NC(=O)C(C)C)no1. The standard InChI is InChI=1S/C20H24N4O3/c1-12(2)19(25)23-18(20(26)22-11-15-8-13(3)27-24-15)9-14-10-21-17-7-5-4-6-16(14)17/h4-8,10,12,18,21H,9,11H2,1-3H3,(H,22,26)(H,23,25). The van der Waals surface area contributed by atoms with Gasteiger partial charge < -0.3 is 20.1 Å². The number of hydrogen-bond donors (Lipinski definition) is 3. The van der Waals surface area contributed by atoms with E-state index in [1.54, 1.807) is 26.8 Å². The van der Waals surface area contributed by atoms with Gasteiger partial charge in [0.2, 0.25) is 11.8 Å². The quantitative estimate of drug-likeness (QED) is 0.596. The first-order valence-corrected chi connectivity index (χ1v) is 8.99. The lowest BCUT2D eigenvalue weighted by Crippen LogP contribution is -2.49. The zero-order valence-electron chi connectivity index (χ0n) is 15.7. The van der Waals surface area contributed by atoms with Gasteiger partial charge in [0.05, 0.1) is 6.54 Å². The molecule has 3 aromatic rings. The topological polar surface area (TPSA) is 100 Å². The Bertz CT molecular complexity index is 942. The van der Waals surface area contributed by atoms with Crippen LogP contribution >= 0.6 is 0 Å². The minimum absolute atomic E-state index is 0.160. The second kappa shape index (κ2) is 8.07. The number of aryl methyl sites for hydroxylation is 1. The lowest BCUT2D eigenvalue weighted by atomic mass is 10.0. The number of nitrogens with zero attached hydrogens (tertiary/aromatic N) is 1.